The highest BCUT2D eigenvalue weighted by Crippen LogP contribution is 2.28. The summed E-state index contributed by atoms with van der Waals surface area (Å²) in [5, 5.41) is 11.3. The van der Waals surface area contributed by atoms with E-state index in [0.29, 0.717) is 0 Å². The van der Waals surface area contributed by atoms with Crippen molar-refractivity contribution in [3.05, 3.63) is 24.0 Å². The Balaban J connectivity index is 1.60. The molecule has 0 radical (unpaired) electrons. The minimum absolute atomic E-state index is 0.0550. The van der Waals surface area contributed by atoms with Crippen LogP contribution < -0.4 is 20.9 Å². The lowest BCUT2D eigenvalue weighted by Crippen LogP contribution is -2.39. The summed E-state index contributed by atoms with van der Waals surface area (Å²) in [5.41, 5.74) is 5.62. The third-order valence-electron chi connectivity index (χ3n) is 5.26. The molecule has 2 saturated heterocycles. The van der Waals surface area contributed by atoms with Crippen molar-refractivity contribution >= 4 is 42.3 Å². The van der Waals surface area contributed by atoms with Gasteiger partial charge in [0.15, 0.2) is 0 Å². The van der Waals surface area contributed by atoms with Gasteiger partial charge in [0.05, 0.1) is 37.6 Å². The van der Waals surface area contributed by atoms with Crippen LogP contribution in [0.5, 0.6) is 0 Å². The molecule has 0 bridgehead atoms. The molecule has 3 amide bonds. The number of ether oxygens (including phenoxy) is 1. The number of hydroxylamine groups is 2. The molecule has 2 aliphatic heterocycles. The minimum Gasteiger partial charge on any atom is -0.442 e. The Morgan fingerprint density at radius 3 is 2.78 bits per heavy atom. The Bertz CT molecular complexity index is 1010. The van der Waals surface area contributed by atoms with Gasteiger partial charge >= 0.3 is 12.5 Å². The molecule has 3 N–H and O–H groups in total. The van der Waals surface area contributed by atoms with Gasteiger partial charge in [0, 0.05) is 19.8 Å². The Labute approximate surface area is 203 Å². The molecule has 36 heavy (non-hydrogen) atoms. The molecule has 0 aliphatic carbocycles. The first-order valence-electron chi connectivity index (χ1n) is 10.7. The van der Waals surface area contributed by atoms with Crippen LogP contribution in [0.25, 0.3) is 0 Å². The fourth-order valence-electron chi connectivity index (χ4n) is 3.54. The lowest BCUT2D eigenvalue weighted by atomic mass is 10.2. The Hall–Kier alpha value is -4.08. The fraction of sp³-hybridized carbons (Fsp3) is 0.450. The zero-order valence-corrected chi connectivity index (χ0v) is 19.1. The molecule has 0 spiro atoms. The van der Waals surface area contributed by atoms with E-state index in [1.54, 1.807) is 4.90 Å². The van der Waals surface area contributed by atoms with Crippen molar-refractivity contribution in [2.45, 2.75) is 12.5 Å². The molecule has 1 aromatic rings. The second kappa shape index (κ2) is 12.1. The maximum absolute atomic E-state index is 15.0. The van der Waals surface area contributed by atoms with Crippen molar-refractivity contribution in [1.82, 2.24) is 15.5 Å². The number of nitrogens with one attached hydrogen (secondary N) is 1. The quantitative estimate of drug-likeness (QED) is 0.265. The second-order valence-corrected chi connectivity index (χ2v) is 7.55. The number of rotatable bonds is 9. The molecule has 196 valence electrons. The molecule has 1 aromatic carbocycles. The van der Waals surface area contributed by atoms with Gasteiger partial charge in [-0.3, -0.25) is 19.3 Å². The summed E-state index contributed by atoms with van der Waals surface area (Å²) >= 11 is 0. The van der Waals surface area contributed by atoms with E-state index in [4.69, 9.17) is 15.3 Å². The standard InChI is InChI=1S/C20H25F3N8O5/c1-25-31(27-12-24)11-17(32)30-5-4-28(6-7-35-30)16-3-2-13(8-15(16)21)29-10-14(36-20(29)34)9-26-19(33)18(22)23/h2-3,8,12,14,18H,1,4-7,9-11H2,(H2,24,27)(H,26,33)/t14-/m0/s1. The average Bonchev–Trinajstić information content (AvgIpc) is 3.05. The third kappa shape index (κ3) is 6.53. The number of cyclic esters (lactones) is 1. The number of nitrogens with two attached hydrogens (primary N) is 1. The van der Waals surface area contributed by atoms with Gasteiger partial charge in [0.25, 0.3) is 11.8 Å². The molecule has 2 heterocycles. The summed E-state index contributed by atoms with van der Waals surface area (Å²) in [6.07, 6.45) is -3.87. The van der Waals surface area contributed by atoms with Crippen molar-refractivity contribution in [2.24, 2.45) is 15.9 Å². The van der Waals surface area contributed by atoms with Crippen molar-refractivity contribution in [3.8, 4) is 0 Å². The lowest BCUT2D eigenvalue weighted by Gasteiger charge is -2.24. The van der Waals surface area contributed by atoms with Gasteiger partial charge in [-0.25, -0.2) is 14.2 Å². The van der Waals surface area contributed by atoms with Crippen LogP contribution in [0.2, 0.25) is 0 Å². The van der Waals surface area contributed by atoms with Crippen molar-refractivity contribution < 1.29 is 37.1 Å². The van der Waals surface area contributed by atoms with Gasteiger partial charge in [-0.05, 0) is 18.2 Å². The molecule has 13 nitrogen and oxygen atoms in total. The zero-order chi connectivity index (χ0) is 26.2. The maximum Gasteiger partial charge on any atom is 0.414 e. The molecular formula is C20H25F3N8O5. The van der Waals surface area contributed by atoms with Gasteiger partial charge in [0.1, 0.15) is 24.8 Å². The van der Waals surface area contributed by atoms with Crippen LogP contribution in [0.15, 0.2) is 28.4 Å². The van der Waals surface area contributed by atoms with Crippen molar-refractivity contribution in [1.29, 1.82) is 0 Å². The molecule has 0 unspecified atom stereocenters. The minimum atomic E-state index is -3.18. The Kier molecular flexibility index (Phi) is 8.88. The Morgan fingerprint density at radius 1 is 1.33 bits per heavy atom. The number of benzene rings is 1. The number of amides is 3. The molecule has 3 rings (SSSR count). The highest BCUT2D eigenvalue weighted by atomic mass is 19.3. The van der Waals surface area contributed by atoms with Crippen LogP contribution in [0.4, 0.5) is 29.3 Å². The molecule has 2 aliphatic rings. The van der Waals surface area contributed by atoms with Crippen LogP contribution in [0.1, 0.15) is 0 Å². The van der Waals surface area contributed by atoms with Crippen molar-refractivity contribution in [3.63, 3.8) is 0 Å². The van der Waals surface area contributed by atoms with E-state index in [0.717, 1.165) is 27.5 Å². The predicted octanol–water partition coefficient (Wildman–Crippen LogP) is -0.0680. The van der Waals surface area contributed by atoms with E-state index in [2.05, 4.69) is 16.9 Å². The smallest absolute Gasteiger partial charge is 0.414 e. The fourth-order valence-corrected chi connectivity index (χ4v) is 3.54. The van der Waals surface area contributed by atoms with E-state index in [-0.39, 0.29) is 57.3 Å². The third-order valence-corrected chi connectivity index (χ3v) is 5.26. The topological polar surface area (TPSA) is 145 Å². The summed E-state index contributed by atoms with van der Waals surface area (Å²) in [6, 6.07) is 4.12. The number of hydrazone groups is 2. The molecule has 2 fully saturated rings. The number of halogens is 3. The highest BCUT2D eigenvalue weighted by molar-refractivity contribution is 5.90. The zero-order valence-electron chi connectivity index (χ0n) is 19.1. The molecule has 1 atom stereocenters. The SMILES string of the molecule is C=NN(CC(=O)N1CCN(c2ccc(N3C[C@H](CNC(=O)C(F)F)OC3=O)cc2F)CCO1)/N=C\N. The number of hydrogen-bond acceptors (Lipinski definition) is 9. The first-order valence-corrected chi connectivity index (χ1v) is 10.7. The number of anilines is 2. The highest BCUT2D eigenvalue weighted by Gasteiger charge is 2.34. The van der Waals surface area contributed by atoms with E-state index in [1.165, 1.54) is 12.1 Å². The first kappa shape index (κ1) is 26.5. The van der Waals surface area contributed by atoms with Crippen LogP contribution in [-0.2, 0) is 19.2 Å². The van der Waals surface area contributed by atoms with E-state index >= 15 is 4.39 Å². The largest absolute Gasteiger partial charge is 0.442 e. The first-order chi connectivity index (χ1) is 17.2. The predicted molar refractivity (Wildman–Crippen MR) is 122 cm³/mol. The van der Waals surface area contributed by atoms with Crippen LogP contribution in [-0.4, -0.2) is 99.5 Å². The molecule has 0 saturated carbocycles. The van der Waals surface area contributed by atoms with Gasteiger partial charge < -0.3 is 20.7 Å². The maximum atomic E-state index is 15.0. The van der Waals surface area contributed by atoms with E-state index in [9.17, 15) is 23.2 Å². The number of nitrogens with zero attached hydrogens (tertiary/aromatic N) is 6. The summed E-state index contributed by atoms with van der Waals surface area (Å²) in [5.74, 6) is -2.55. The average molecular weight is 514 g/mol. The van der Waals surface area contributed by atoms with Crippen molar-refractivity contribution in [2.75, 3.05) is 55.7 Å². The number of carbonyl (C=O) groups is 3. The summed E-state index contributed by atoms with van der Waals surface area (Å²) in [4.78, 5) is 43.9. The summed E-state index contributed by atoms with van der Waals surface area (Å²) in [7, 11) is 0. The Morgan fingerprint density at radius 2 is 2.11 bits per heavy atom. The van der Waals surface area contributed by atoms with Gasteiger partial charge in [-0.2, -0.15) is 19.0 Å². The van der Waals surface area contributed by atoms with E-state index in [1.807, 2.05) is 5.32 Å². The molecule has 16 heteroatoms. The summed E-state index contributed by atoms with van der Waals surface area (Å²) < 4.78 is 44.7. The molecular weight excluding hydrogens is 489 g/mol. The monoisotopic (exact) mass is 514 g/mol. The van der Waals surface area contributed by atoms with Gasteiger partial charge in [-0.15, -0.1) is 5.10 Å². The number of alkyl halides is 2. The second-order valence-electron chi connectivity index (χ2n) is 7.55. The summed E-state index contributed by atoms with van der Waals surface area (Å²) in [6.45, 7) is 3.44. The van der Waals surface area contributed by atoms with Crippen LogP contribution in [0.3, 0.4) is 0 Å². The number of hydrogen-bond donors (Lipinski definition) is 2. The normalized spacial score (nSPS) is 18.4. The van der Waals surface area contributed by atoms with E-state index < -0.39 is 36.3 Å². The number of carbonyl (C=O) groups excluding carboxylic acids is 3. The van der Waals surface area contributed by atoms with Gasteiger partial charge in [-0.1, -0.05) is 0 Å². The van der Waals surface area contributed by atoms with Crippen LogP contribution >= 0.6 is 0 Å². The van der Waals surface area contributed by atoms with Gasteiger partial charge in [0.2, 0.25) is 0 Å². The molecule has 0 aromatic heterocycles. The van der Waals surface area contributed by atoms with Crippen LogP contribution in [0, 0.1) is 5.82 Å². The lowest BCUT2D eigenvalue weighted by molar-refractivity contribution is -0.183.